The molecule has 1 amide bonds. The summed E-state index contributed by atoms with van der Waals surface area (Å²) in [6.07, 6.45) is -0.418. The second-order valence-corrected chi connectivity index (χ2v) is 7.46. The van der Waals surface area contributed by atoms with E-state index in [2.05, 4.69) is 5.32 Å². The van der Waals surface area contributed by atoms with Crippen LogP contribution in [0.1, 0.15) is 22.0 Å². The third kappa shape index (κ3) is 3.97. The Labute approximate surface area is 142 Å². The Balaban J connectivity index is 2.19. The number of amides is 1. The Morgan fingerprint density at radius 1 is 1.29 bits per heavy atom. The number of carbonyl (C=O) groups excluding carboxylic acids is 1. The molecule has 5 nitrogen and oxygen atoms in total. The van der Waals surface area contributed by atoms with Gasteiger partial charge in [0, 0.05) is 13.7 Å². The molecular weight excluding hydrogens is 360 g/mol. The van der Waals surface area contributed by atoms with Crippen LogP contribution in [0.5, 0.6) is 0 Å². The smallest absolute Gasteiger partial charge is 0.341 e. The fraction of sp³-hybridized carbons (Fsp3) is 0.267. The molecule has 1 unspecified atom stereocenters. The minimum atomic E-state index is -4.86. The van der Waals surface area contributed by atoms with Crippen LogP contribution in [0, 0.1) is 0 Å². The van der Waals surface area contributed by atoms with E-state index in [9.17, 15) is 22.0 Å². The summed E-state index contributed by atoms with van der Waals surface area (Å²) in [4.78, 5) is 11.6. The normalized spacial score (nSPS) is 13.0. The Kier molecular flexibility index (Phi) is 6.03. The number of benzene rings is 1. The summed E-state index contributed by atoms with van der Waals surface area (Å²) < 4.78 is 54.2. The zero-order valence-corrected chi connectivity index (χ0v) is 14.2. The molecule has 1 aromatic carbocycles. The monoisotopic (exact) mass is 375 g/mol. The molecule has 0 radical (unpaired) electrons. The van der Waals surface area contributed by atoms with Gasteiger partial charge < -0.3 is 10.1 Å². The molecule has 0 aliphatic heterocycles. The summed E-state index contributed by atoms with van der Waals surface area (Å²) in [6.45, 7) is 0.0785. The van der Waals surface area contributed by atoms with Gasteiger partial charge in [0.25, 0.3) is 5.91 Å². The van der Waals surface area contributed by atoms with Crippen LogP contribution in [0.2, 0.25) is 0 Å². The lowest BCUT2D eigenvalue weighted by atomic mass is 10.1. The van der Waals surface area contributed by atoms with Gasteiger partial charge in [-0.2, -0.15) is 20.1 Å². The van der Waals surface area contributed by atoms with Crippen molar-refractivity contribution in [1.29, 1.82) is 0 Å². The number of hydrogen-bond acceptors (Lipinski definition) is 5. The lowest BCUT2D eigenvalue weighted by Gasteiger charge is -2.16. The highest BCUT2D eigenvalue weighted by Crippen LogP contribution is 2.23. The van der Waals surface area contributed by atoms with Crippen LogP contribution in [-0.2, 0) is 14.6 Å². The van der Waals surface area contributed by atoms with Gasteiger partial charge in [0.2, 0.25) is 9.84 Å². The van der Waals surface area contributed by atoms with Crippen LogP contribution < -0.4 is 5.32 Å². The Bertz CT molecular complexity index is 792. The molecule has 0 fully saturated rings. The van der Waals surface area contributed by atoms with E-state index >= 15 is 0 Å². The predicted molar refractivity (Wildman–Crippen MR) is 86.0 cm³/mol. The van der Waals surface area contributed by atoms with E-state index in [0.29, 0.717) is 0 Å². The highest BCUT2D eigenvalue weighted by atomic mass is 32.2. The number of methoxy groups -OCH3 is 1. The predicted octanol–water partition coefficient (Wildman–Crippen LogP) is 2.86. The van der Waals surface area contributed by atoms with Crippen molar-refractivity contribution >= 4 is 27.1 Å². The first-order chi connectivity index (χ1) is 11.4. The number of sulfone groups is 1. The molecule has 130 valence electrons. The third-order valence-corrected chi connectivity index (χ3v) is 5.46. The largest absolute Gasteiger partial charge is 0.375 e. The van der Waals surface area contributed by atoms with Gasteiger partial charge in [-0.25, -0.2) is 8.42 Å². The van der Waals surface area contributed by atoms with E-state index in [4.69, 9.17) is 4.74 Å². The number of rotatable bonds is 7. The zero-order chi connectivity index (χ0) is 17.7. The van der Waals surface area contributed by atoms with Crippen LogP contribution in [0.15, 0.2) is 46.0 Å². The average molecular weight is 375 g/mol. The molecule has 1 N–H and O–H groups in total. The molecule has 0 saturated carbocycles. The Hall–Kier alpha value is -1.84. The van der Waals surface area contributed by atoms with E-state index < -0.39 is 32.5 Å². The van der Waals surface area contributed by atoms with E-state index in [1.807, 2.05) is 16.8 Å². The second-order valence-electron chi connectivity index (χ2n) is 4.79. The van der Waals surface area contributed by atoms with Crippen LogP contribution in [0.25, 0.3) is 0 Å². The SMILES string of the molecule is COC(CNC(=O)c1ccccc1S(=O)(=O)C(F)F)c1ccsc1. The van der Waals surface area contributed by atoms with Crippen molar-refractivity contribution in [3.8, 4) is 0 Å². The second kappa shape index (κ2) is 7.82. The maximum Gasteiger partial charge on any atom is 0.341 e. The van der Waals surface area contributed by atoms with Gasteiger partial charge in [0.05, 0.1) is 10.5 Å². The average Bonchev–Trinajstić information content (AvgIpc) is 3.09. The lowest BCUT2D eigenvalue weighted by molar-refractivity contribution is 0.0826. The van der Waals surface area contributed by atoms with Crippen LogP contribution in [0.3, 0.4) is 0 Å². The molecule has 0 bridgehead atoms. The van der Waals surface area contributed by atoms with Crippen molar-refractivity contribution in [2.24, 2.45) is 0 Å². The number of alkyl halides is 2. The van der Waals surface area contributed by atoms with Crippen molar-refractivity contribution in [1.82, 2.24) is 5.32 Å². The fourth-order valence-corrected chi connectivity index (χ4v) is 3.70. The Morgan fingerprint density at radius 3 is 2.58 bits per heavy atom. The number of ether oxygens (including phenoxy) is 1. The van der Waals surface area contributed by atoms with Crippen molar-refractivity contribution in [3.05, 3.63) is 52.2 Å². The van der Waals surface area contributed by atoms with Crippen molar-refractivity contribution in [3.63, 3.8) is 0 Å². The summed E-state index contributed by atoms with van der Waals surface area (Å²) >= 11 is 1.47. The number of thiophene rings is 1. The molecule has 0 spiro atoms. The van der Waals surface area contributed by atoms with Crippen molar-refractivity contribution in [2.75, 3.05) is 13.7 Å². The Morgan fingerprint density at radius 2 is 2.00 bits per heavy atom. The van der Waals surface area contributed by atoms with E-state index in [-0.39, 0.29) is 12.1 Å². The molecule has 9 heteroatoms. The molecule has 0 aliphatic rings. The molecule has 2 rings (SSSR count). The molecule has 0 saturated heterocycles. The summed E-state index contributed by atoms with van der Waals surface area (Å²) in [7, 11) is -3.39. The first-order valence-corrected chi connectivity index (χ1v) is 9.31. The minimum absolute atomic E-state index is 0.0785. The molecule has 1 atom stereocenters. The van der Waals surface area contributed by atoms with Gasteiger partial charge in [-0.3, -0.25) is 4.79 Å². The topological polar surface area (TPSA) is 72.5 Å². The van der Waals surface area contributed by atoms with Crippen LogP contribution in [0.4, 0.5) is 8.78 Å². The van der Waals surface area contributed by atoms with E-state index in [1.54, 1.807) is 0 Å². The number of hydrogen-bond donors (Lipinski definition) is 1. The standard InChI is InChI=1S/C15H15F2NO4S2/c1-22-12(10-6-7-23-9-10)8-18-14(19)11-4-2-3-5-13(11)24(20,21)15(16)17/h2-7,9,12,15H,8H2,1H3,(H,18,19). The van der Waals surface area contributed by atoms with Gasteiger partial charge in [-0.05, 0) is 34.5 Å². The van der Waals surface area contributed by atoms with Gasteiger partial charge in [0.15, 0.2) is 0 Å². The summed E-state index contributed by atoms with van der Waals surface area (Å²) in [6, 6.07) is 6.71. The summed E-state index contributed by atoms with van der Waals surface area (Å²) in [5, 5.41) is 6.23. The van der Waals surface area contributed by atoms with Gasteiger partial charge >= 0.3 is 5.76 Å². The van der Waals surface area contributed by atoms with Crippen molar-refractivity contribution in [2.45, 2.75) is 16.8 Å². The lowest BCUT2D eigenvalue weighted by Crippen LogP contribution is -2.30. The maximum absolute atomic E-state index is 12.8. The quantitative estimate of drug-likeness (QED) is 0.808. The molecule has 0 aliphatic carbocycles. The van der Waals surface area contributed by atoms with E-state index in [0.717, 1.165) is 11.6 Å². The molecule has 1 heterocycles. The minimum Gasteiger partial charge on any atom is -0.375 e. The first kappa shape index (κ1) is 18.5. The third-order valence-electron chi connectivity index (χ3n) is 3.32. The number of nitrogens with one attached hydrogen (secondary N) is 1. The maximum atomic E-state index is 12.8. The summed E-state index contributed by atoms with van der Waals surface area (Å²) in [5.41, 5.74) is 0.536. The molecule has 2 aromatic rings. The number of halogens is 2. The van der Waals surface area contributed by atoms with Crippen LogP contribution >= 0.6 is 11.3 Å². The van der Waals surface area contributed by atoms with Gasteiger partial charge in [0.1, 0.15) is 6.10 Å². The first-order valence-electron chi connectivity index (χ1n) is 6.82. The highest BCUT2D eigenvalue weighted by molar-refractivity contribution is 7.91. The zero-order valence-electron chi connectivity index (χ0n) is 12.6. The summed E-state index contributed by atoms with van der Waals surface area (Å²) in [5.74, 6) is -4.35. The van der Waals surface area contributed by atoms with Crippen LogP contribution in [-0.4, -0.2) is 33.7 Å². The molecule has 24 heavy (non-hydrogen) atoms. The van der Waals surface area contributed by atoms with Crippen molar-refractivity contribution < 1.29 is 26.7 Å². The molecule has 1 aromatic heterocycles. The molecular formula is C15H15F2NO4S2. The van der Waals surface area contributed by atoms with Gasteiger partial charge in [-0.15, -0.1) is 0 Å². The fourth-order valence-electron chi connectivity index (χ4n) is 2.07. The van der Waals surface area contributed by atoms with Gasteiger partial charge in [-0.1, -0.05) is 12.1 Å². The number of carbonyl (C=O) groups is 1. The highest BCUT2D eigenvalue weighted by Gasteiger charge is 2.30. The van der Waals surface area contributed by atoms with E-state index in [1.165, 1.54) is 36.6 Å².